The largest absolute Gasteiger partial charge is 0.465 e. The molecule has 136 valence electrons. The lowest BCUT2D eigenvalue weighted by Gasteiger charge is -2.17. The van der Waals surface area contributed by atoms with E-state index in [9.17, 15) is 9.59 Å². The van der Waals surface area contributed by atoms with Crippen LogP contribution in [-0.2, 0) is 22.4 Å². The number of rotatable bonds is 6. The predicted molar refractivity (Wildman–Crippen MR) is 103 cm³/mol. The Balaban J connectivity index is 1.88. The highest BCUT2D eigenvalue weighted by atomic mass is 32.2. The van der Waals surface area contributed by atoms with E-state index in [1.165, 1.54) is 22.2 Å². The average molecular weight is 381 g/mol. The number of thioether (sulfide) groups is 1. The first-order chi connectivity index (χ1) is 12.0. The van der Waals surface area contributed by atoms with Crippen LogP contribution in [0.1, 0.15) is 50.5 Å². The number of ether oxygens (including phenoxy) is 1. The molecule has 0 unspecified atom stereocenters. The monoisotopic (exact) mass is 380 g/mol. The third-order valence-corrected chi connectivity index (χ3v) is 6.85. The standard InChI is InChI=1S/C18H24N2O3S2/c1-4-8-23-17(22)12(5-2)25-18-19-15(21)14-11-7-6-10(3)9-13(11)24-16(14)20-18/h10,12H,4-9H2,1-3H3,(H,19,20,21)/t10-,12-/m1/s1. The number of fused-ring (bicyclic) bond motifs is 3. The fourth-order valence-electron chi connectivity index (χ4n) is 3.11. The van der Waals surface area contributed by atoms with Gasteiger partial charge in [-0.15, -0.1) is 11.3 Å². The molecular formula is C18H24N2O3S2. The number of hydrogen-bond acceptors (Lipinski definition) is 6. The lowest BCUT2D eigenvalue weighted by molar-refractivity contribution is -0.143. The summed E-state index contributed by atoms with van der Waals surface area (Å²) in [5.41, 5.74) is 1.09. The fraction of sp³-hybridized carbons (Fsp3) is 0.611. The minimum Gasteiger partial charge on any atom is -0.465 e. The Morgan fingerprint density at radius 2 is 2.28 bits per heavy atom. The summed E-state index contributed by atoms with van der Waals surface area (Å²) >= 11 is 2.92. The normalized spacial score (nSPS) is 18.1. The summed E-state index contributed by atoms with van der Waals surface area (Å²) < 4.78 is 5.24. The molecule has 3 rings (SSSR count). The first-order valence-electron chi connectivity index (χ1n) is 8.91. The van der Waals surface area contributed by atoms with Gasteiger partial charge >= 0.3 is 5.97 Å². The Morgan fingerprint density at radius 1 is 1.48 bits per heavy atom. The number of carbonyl (C=O) groups is 1. The summed E-state index contributed by atoms with van der Waals surface area (Å²) in [6.07, 6.45) is 4.53. The van der Waals surface area contributed by atoms with E-state index in [0.29, 0.717) is 24.1 Å². The van der Waals surface area contributed by atoms with E-state index >= 15 is 0 Å². The molecule has 0 spiro atoms. The Bertz CT molecular complexity index is 828. The van der Waals surface area contributed by atoms with Crippen molar-refractivity contribution in [3.05, 3.63) is 20.8 Å². The molecule has 0 amide bonds. The van der Waals surface area contributed by atoms with Crippen molar-refractivity contribution in [3.63, 3.8) is 0 Å². The SMILES string of the molecule is CCCOC(=O)[C@@H](CC)Sc1nc2sc3c(c2c(=O)[nH]1)CC[C@@H](C)C3. The number of nitrogens with one attached hydrogen (secondary N) is 1. The molecule has 2 aromatic rings. The minimum absolute atomic E-state index is 0.0867. The summed E-state index contributed by atoms with van der Waals surface area (Å²) in [7, 11) is 0. The molecule has 0 aromatic carbocycles. The molecule has 5 nitrogen and oxygen atoms in total. The first-order valence-corrected chi connectivity index (χ1v) is 10.6. The number of thiophene rings is 1. The van der Waals surface area contributed by atoms with Crippen LogP contribution in [0.3, 0.4) is 0 Å². The molecule has 1 aliphatic rings. The van der Waals surface area contributed by atoms with Crippen LogP contribution < -0.4 is 5.56 Å². The van der Waals surface area contributed by atoms with Crippen molar-refractivity contribution in [2.75, 3.05) is 6.61 Å². The first kappa shape index (κ1) is 18.5. The zero-order chi connectivity index (χ0) is 18.0. The van der Waals surface area contributed by atoms with Crippen molar-refractivity contribution in [1.82, 2.24) is 9.97 Å². The van der Waals surface area contributed by atoms with Gasteiger partial charge in [-0.1, -0.05) is 32.5 Å². The highest BCUT2D eigenvalue weighted by molar-refractivity contribution is 8.00. The number of aromatic amines is 1. The number of aryl methyl sites for hydroxylation is 1. The second-order valence-electron chi connectivity index (χ2n) is 6.59. The van der Waals surface area contributed by atoms with Crippen molar-refractivity contribution in [3.8, 4) is 0 Å². The zero-order valence-corrected chi connectivity index (χ0v) is 16.5. The van der Waals surface area contributed by atoms with Crippen molar-refractivity contribution in [1.29, 1.82) is 0 Å². The molecule has 1 aliphatic carbocycles. The molecule has 0 saturated carbocycles. The third kappa shape index (κ3) is 3.92. The van der Waals surface area contributed by atoms with Crippen LogP contribution in [0.25, 0.3) is 10.2 Å². The van der Waals surface area contributed by atoms with Crippen molar-refractivity contribution < 1.29 is 9.53 Å². The van der Waals surface area contributed by atoms with Gasteiger partial charge < -0.3 is 9.72 Å². The van der Waals surface area contributed by atoms with Crippen LogP contribution in [0.2, 0.25) is 0 Å². The highest BCUT2D eigenvalue weighted by Crippen LogP contribution is 2.36. The van der Waals surface area contributed by atoms with Gasteiger partial charge in [-0.3, -0.25) is 9.59 Å². The van der Waals surface area contributed by atoms with E-state index in [4.69, 9.17) is 4.74 Å². The van der Waals surface area contributed by atoms with Gasteiger partial charge in [0.2, 0.25) is 0 Å². The molecular weight excluding hydrogens is 356 g/mol. The minimum atomic E-state index is -0.346. The van der Waals surface area contributed by atoms with E-state index in [-0.39, 0.29) is 16.8 Å². The molecule has 0 bridgehead atoms. The average Bonchev–Trinajstić information content (AvgIpc) is 2.95. The van der Waals surface area contributed by atoms with Gasteiger partial charge in [0.05, 0.1) is 12.0 Å². The smallest absolute Gasteiger partial charge is 0.319 e. The second kappa shape index (κ2) is 7.91. The van der Waals surface area contributed by atoms with Crippen LogP contribution in [0, 0.1) is 5.92 Å². The topological polar surface area (TPSA) is 72.0 Å². The summed E-state index contributed by atoms with van der Waals surface area (Å²) in [4.78, 5) is 34.3. The highest BCUT2D eigenvalue weighted by Gasteiger charge is 2.25. The van der Waals surface area contributed by atoms with E-state index in [1.807, 2.05) is 13.8 Å². The number of esters is 1. The molecule has 7 heteroatoms. The quantitative estimate of drug-likeness (QED) is 0.467. The summed E-state index contributed by atoms with van der Waals surface area (Å²) in [6, 6.07) is 0. The Hall–Kier alpha value is -1.34. The van der Waals surface area contributed by atoms with Gasteiger partial charge in [0, 0.05) is 4.88 Å². The van der Waals surface area contributed by atoms with E-state index in [2.05, 4.69) is 16.9 Å². The molecule has 0 aliphatic heterocycles. The van der Waals surface area contributed by atoms with E-state index < -0.39 is 0 Å². The maximum absolute atomic E-state index is 12.6. The van der Waals surface area contributed by atoms with E-state index in [0.717, 1.165) is 35.9 Å². The van der Waals surface area contributed by atoms with Gasteiger partial charge in [-0.25, -0.2) is 4.98 Å². The zero-order valence-electron chi connectivity index (χ0n) is 14.9. The Morgan fingerprint density at radius 3 is 3.00 bits per heavy atom. The predicted octanol–water partition coefficient (Wildman–Crippen LogP) is 3.93. The van der Waals surface area contributed by atoms with Gasteiger partial charge in [-0.05, 0) is 43.6 Å². The molecule has 2 heterocycles. The van der Waals surface area contributed by atoms with E-state index in [1.54, 1.807) is 11.3 Å². The van der Waals surface area contributed by atoms with Crippen LogP contribution in [0.5, 0.6) is 0 Å². The number of nitrogens with zero attached hydrogens (tertiary/aromatic N) is 1. The molecule has 2 atom stereocenters. The van der Waals surface area contributed by atoms with Gasteiger partial charge in [0.15, 0.2) is 5.16 Å². The van der Waals surface area contributed by atoms with Crippen molar-refractivity contribution in [2.45, 2.75) is 63.3 Å². The number of H-pyrrole nitrogens is 1. The van der Waals surface area contributed by atoms with Crippen LogP contribution in [0.4, 0.5) is 0 Å². The molecule has 0 radical (unpaired) electrons. The summed E-state index contributed by atoms with van der Waals surface area (Å²) in [6.45, 7) is 6.58. The number of aromatic nitrogens is 2. The summed E-state index contributed by atoms with van der Waals surface area (Å²) in [5.74, 6) is 0.419. The number of carbonyl (C=O) groups excluding carboxylic acids is 1. The van der Waals surface area contributed by atoms with Crippen LogP contribution >= 0.6 is 23.1 Å². The lowest BCUT2D eigenvalue weighted by atomic mass is 9.89. The van der Waals surface area contributed by atoms with Crippen molar-refractivity contribution >= 4 is 39.3 Å². The van der Waals surface area contributed by atoms with Crippen LogP contribution in [-0.4, -0.2) is 27.8 Å². The van der Waals surface area contributed by atoms with Gasteiger partial charge in [0.25, 0.3) is 5.56 Å². The maximum Gasteiger partial charge on any atom is 0.319 e. The maximum atomic E-state index is 12.6. The Labute approximate surface area is 155 Å². The molecule has 0 saturated heterocycles. The summed E-state index contributed by atoms with van der Waals surface area (Å²) in [5, 5.41) is 0.907. The number of hydrogen-bond donors (Lipinski definition) is 1. The van der Waals surface area contributed by atoms with Gasteiger partial charge in [0.1, 0.15) is 10.1 Å². The third-order valence-electron chi connectivity index (χ3n) is 4.48. The molecule has 25 heavy (non-hydrogen) atoms. The fourth-order valence-corrected chi connectivity index (χ4v) is 5.45. The molecule has 2 aromatic heterocycles. The Kier molecular flexibility index (Phi) is 5.84. The van der Waals surface area contributed by atoms with Crippen LogP contribution in [0.15, 0.2) is 9.95 Å². The lowest BCUT2D eigenvalue weighted by Crippen LogP contribution is -2.21. The van der Waals surface area contributed by atoms with Crippen molar-refractivity contribution in [2.24, 2.45) is 5.92 Å². The molecule has 1 N–H and O–H groups in total. The molecule has 0 fully saturated rings. The second-order valence-corrected chi connectivity index (χ2v) is 8.86. The van der Waals surface area contributed by atoms with Gasteiger partial charge in [-0.2, -0.15) is 0 Å².